The molecule has 304 valence electrons. The zero-order chi connectivity index (χ0) is 42.4. The molecule has 0 spiro atoms. The highest BCUT2D eigenvalue weighted by Gasteiger charge is 2.37. The Bertz CT molecular complexity index is 2280. The molecule has 0 aliphatic carbocycles. The largest absolute Gasteiger partial charge is 0.494 e. The average Bonchev–Trinajstić information content (AvgIpc) is 3.19. The molecule has 3 heterocycles. The molecule has 0 fully saturated rings. The molecule has 58 heavy (non-hydrogen) atoms. The number of ether oxygens (including phenoxy) is 3. The van der Waals surface area contributed by atoms with E-state index in [1.807, 2.05) is 26.8 Å². The molecular weight excluding hydrogens is 1010 g/mol. The molecule has 1 atom stereocenters. The molecule has 6 aromatic rings. The van der Waals surface area contributed by atoms with Crippen molar-refractivity contribution in [3.8, 4) is 17.2 Å². The molecule has 16 heteroatoms. The number of ketones is 1. The lowest BCUT2D eigenvalue weighted by atomic mass is 10.0. The van der Waals surface area contributed by atoms with Gasteiger partial charge in [0.15, 0.2) is 0 Å². The van der Waals surface area contributed by atoms with Crippen molar-refractivity contribution >= 4 is 88.4 Å². The van der Waals surface area contributed by atoms with Gasteiger partial charge in [-0.2, -0.15) is 8.78 Å². The number of carbonyl (C=O) groups excluding carboxylic acids is 1. The summed E-state index contributed by atoms with van der Waals surface area (Å²) in [5.41, 5.74) is 1.28. The van der Waals surface area contributed by atoms with E-state index in [1.165, 1.54) is 36.5 Å². The zero-order valence-corrected chi connectivity index (χ0v) is 38.1. The Morgan fingerprint density at radius 3 is 1.62 bits per heavy atom. The van der Waals surface area contributed by atoms with Gasteiger partial charge in [0.25, 0.3) is 0 Å². The molecule has 0 saturated carbocycles. The van der Waals surface area contributed by atoms with Gasteiger partial charge in [0.05, 0.1) is 40.6 Å². The molecule has 0 bridgehead atoms. The standard InChI is InChI=1S/C14H11BrClF2NO.C14H13BrClNO2.C14H11BrClNO2/c1-2-20-10-4-5-11(12(16)7-10)14(17,18)13-6-3-9(15)8-19-13;2*1-2-19-10-4-5-11(12(16)7-10)14(18)13-6-3-9(15)8-17-13/h3-8H,2H2,1H3;3-8,14,18H,2H2,1H3;3-8H,2H2,1H3. The Kier molecular flexibility index (Phi) is 18.3. The first-order chi connectivity index (χ1) is 27.7. The fraction of sp³-hybridized carbons (Fsp3) is 0.190. The minimum Gasteiger partial charge on any atom is -0.494 e. The van der Waals surface area contributed by atoms with Gasteiger partial charge >= 0.3 is 5.92 Å². The first kappa shape index (κ1) is 47.0. The summed E-state index contributed by atoms with van der Waals surface area (Å²) in [7, 11) is 0. The van der Waals surface area contributed by atoms with Gasteiger partial charge in [-0.15, -0.1) is 0 Å². The van der Waals surface area contributed by atoms with Crippen LogP contribution in [0.4, 0.5) is 8.78 Å². The van der Waals surface area contributed by atoms with Gasteiger partial charge in [-0.3, -0.25) is 19.7 Å². The van der Waals surface area contributed by atoms with Crippen LogP contribution >= 0.6 is 82.6 Å². The topological polar surface area (TPSA) is 104 Å². The number of aliphatic hydroxyl groups is 1. The third-order valence-electron chi connectivity index (χ3n) is 7.70. The molecule has 0 aliphatic rings. The van der Waals surface area contributed by atoms with Gasteiger partial charge in [0.1, 0.15) is 34.7 Å². The van der Waals surface area contributed by atoms with Crippen LogP contribution in [0.15, 0.2) is 123 Å². The Morgan fingerprint density at radius 1 is 0.655 bits per heavy atom. The van der Waals surface area contributed by atoms with Crippen molar-refractivity contribution in [2.45, 2.75) is 32.8 Å². The van der Waals surface area contributed by atoms with Gasteiger partial charge in [-0.1, -0.05) is 40.9 Å². The van der Waals surface area contributed by atoms with Crippen molar-refractivity contribution in [1.29, 1.82) is 0 Å². The van der Waals surface area contributed by atoms with E-state index in [-0.39, 0.29) is 22.1 Å². The van der Waals surface area contributed by atoms with E-state index in [1.54, 1.807) is 67.0 Å². The first-order valence-corrected chi connectivity index (χ1v) is 20.9. The predicted octanol–water partition coefficient (Wildman–Crippen LogP) is 13.1. The molecule has 3 aromatic heterocycles. The van der Waals surface area contributed by atoms with E-state index < -0.39 is 12.0 Å². The van der Waals surface area contributed by atoms with Crippen molar-refractivity contribution in [3.63, 3.8) is 0 Å². The summed E-state index contributed by atoms with van der Waals surface area (Å²) in [5, 5.41) is 11.1. The second-order valence-electron chi connectivity index (χ2n) is 11.7. The predicted molar refractivity (Wildman–Crippen MR) is 234 cm³/mol. The van der Waals surface area contributed by atoms with E-state index in [0.29, 0.717) is 74.1 Å². The summed E-state index contributed by atoms with van der Waals surface area (Å²) in [6.07, 6.45) is 3.69. The summed E-state index contributed by atoms with van der Waals surface area (Å²) < 4.78 is 47.0. The van der Waals surface area contributed by atoms with Gasteiger partial charge in [-0.05, 0) is 153 Å². The van der Waals surface area contributed by atoms with Gasteiger partial charge in [0.2, 0.25) is 5.78 Å². The van der Waals surface area contributed by atoms with Crippen LogP contribution in [-0.2, 0) is 5.92 Å². The van der Waals surface area contributed by atoms with Gasteiger partial charge in [0, 0.05) is 48.7 Å². The molecule has 0 saturated heterocycles. The van der Waals surface area contributed by atoms with Crippen LogP contribution in [-0.4, -0.2) is 45.7 Å². The Balaban J connectivity index is 0.000000193. The monoisotopic (exact) mass is 1040 g/mol. The third-order valence-corrected chi connectivity index (χ3v) is 10.1. The minimum atomic E-state index is -3.26. The van der Waals surface area contributed by atoms with Crippen LogP contribution in [0.25, 0.3) is 0 Å². The molecule has 3 aromatic carbocycles. The summed E-state index contributed by atoms with van der Waals surface area (Å²) in [6, 6.07) is 24.1. The maximum absolute atomic E-state index is 14.4. The Hall–Kier alpha value is -3.69. The van der Waals surface area contributed by atoms with Crippen LogP contribution in [0.1, 0.15) is 65.4 Å². The summed E-state index contributed by atoms with van der Waals surface area (Å²) in [5.74, 6) is -1.68. The number of alkyl halides is 2. The van der Waals surface area contributed by atoms with Crippen LogP contribution < -0.4 is 14.2 Å². The van der Waals surface area contributed by atoms with E-state index >= 15 is 0 Å². The van der Waals surface area contributed by atoms with Crippen molar-refractivity contribution in [2.24, 2.45) is 0 Å². The van der Waals surface area contributed by atoms with Crippen LogP contribution in [0, 0.1) is 0 Å². The molecule has 6 rings (SSSR count). The summed E-state index contributed by atoms with van der Waals surface area (Å²) in [4.78, 5) is 24.2. The number of carbonyl (C=O) groups is 1. The number of benzene rings is 3. The van der Waals surface area contributed by atoms with Crippen molar-refractivity contribution < 1.29 is 32.9 Å². The number of aliphatic hydroxyl groups excluding tert-OH is 1. The molecule has 8 nitrogen and oxygen atoms in total. The maximum Gasteiger partial charge on any atom is 0.316 e. The van der Waals surface area contributed by atoms with Crippen molar-refractivity contribution in [2.75, 3.05) is 19.8 Å². The average molecular weight is 1050 g/mol. The maximum atomic E-state index is 14.4. The fourth-order valence-corrected chi connectivity index (χ4v) is 6.51. The SMILES string of the molecule is CCOc1ccc(C(=O)c2ccc(Br)cn2)c(Cl)c1.CCOc1ccc(C(F)(F)c2ccc(Br)cn2)c(Cl)c1.CCOc1ccc(C(O)c2ccc(Br)cn2)c(Cl)c1. The normalized spacial score (nSPS) is 11.3. The molecule has 0 radical (unpaired) electrons. The zero-order valence-electron chi connectivity index (χ0n) is 31.0. The molecule has 0 amide bonds. The van der Waals surface area contributed by atoms with Gasteiger partial charge < -0.3 is 19.3 Å². The minimum absolute atomic E-state index is 0.0503. The van der Waals surface area contributed by atoms with E-state index in [0.717, 1.165) is 8.95 Å². The van der Waals surface area contributed by atoms with Crippen LogP contribution in [0.3, 0.4) is 0 Å². The number of aromatic nitrogens is 3. The van der Waals surface area contributed by atoms with E-state index in [4.69, 9.17) is 49.0 Å². The van der Waals surface area contributed by atoms with E-state index in [2.05, 4.69) is 62.7 Å². The second kappa shape index (κ2) is 22.6. The second-order valence-corrected chi connectivity index (χ2v) is 15.7. The van der Waals surface area contributed by atoms with Crippen molar-refractivity contribution in [1.82, 2.24) is 15.0 Å². The number of rotatable bonds is 12. The number of hydrogen-bond donors (Lipinski definition) is 1. The highest BCUT2D eigenvalue weighted by molar-refractivity contribution is 9.11. The number of halogens is 8. The lowest BCUT2D eigenvalue weighted by Crippen LogP contribution is -2.17. The lowest BCUT2D eigenvalue weighted by molar-refractivity contribution is 0.0380. The Morgan fingerprint density at radius 2 is 1.16 bits per heavy atom. The highest BCUT2D eigenvalue weighted by Crippen LogP contribution is 2.40. The quantitative estimate of drug-likeness (QED) is 0.121. The lowest BCUT2D eigenvalue weighted by Gasteiger charge is -2.18. The number of hydrogen-bond acceptors (Lipinski definition) is 8. The summed E-state index contributed by atoms with van der Waals surface area (Å²) in [6.45, 7) is 7.17. The molecule has 0 aliphatic heterocycles. The van der Waals surface area contributed by atoms with Crippen molar-refractivity contribution in [3.05, 3.63) is 172 Å². The highest BCUT2D eigenvalue weighted by atomic mass is 79.9. The summed E-state index contributed by atoms with van der Waals surface area (Å²) >= 11 is 27.9. The molecular formula is C42H35Br3Cl3F2N3O5. The molecule has 1 unspecified atom stereocenters. The van der Waals surface area contributed by atoms with E-state index in [9.17, 15) is 18.7 Å². The van der Waals surface area contributed by atoms with Crippen LogP contribution in [0.5, 0.6) is 17.2 Å². The third kappa shape index (κ3) is 13.2. The Labute approximate surface area is 375 Å². The first-order valence-electron chi connectivity index (χ1n) is 17.4. The number of nitrogens with zero attached hydrogens (tertiary/aromatic N) is 3. The number of pyridine rings is 3. The molecule has 1 N–H and O–H groups in total. The smallest absolute Gasteiger partial charge is 0.316 e. The van der Waals surface area contributed by atoms with Gasteiger partial charge in [-0.25, -0.2) is 0 Å². The fourth-order valence-electron chi connectivity index (χ4n) is 4.99. The van der Waals surface area contributed by atoms with Crippen LogP contribution in [0.2, 0.25) is 15.1 Å².